The number of rotatable bonds is 7. The van der Waals surface area contributed by atoms with Crippen LogP contribution in [0.1, 0.15) is 52.4 Å². The van der Waals surface area contributed by atoms with Gasteiger partial charge < -0.3 is 10.1 Å². The molecule has 1 N–H and O–H groups in total. The van der Waals surface area contributed by atoms with Crippen LogP contribution < -0.4 is 5.32 Å². The van der Waals surface area contributed by atoms with Gasteiger partial charge in [0.1, 0.15) is 0 Å². The number of ether oxygens (including phenoxy) is 1. The van der Waals surface area contributed by atoms with Gasteiger partial charge in [0, 0.05) is 13.2 Å². The van der Waals surface area contributed by atoms with Crippen LogP contribution in [0.4, 0.5) is 0 Å². The Hall–Kier alpha value is -0.0800. The zero-order chi connectivity index (χ0) is 11.3. The number of nitrogens with one attached hydrogen (secondary N) is 1. The Labute approximate surface area is 94.8 Å². The Bertz CT molecular complexity index is 172. The van der Waals surface area contributed by atoms with Gasteiger partial charge in [-0.25, -0.2) is 0 Å². The zero-order valence-corrected chi connectivity index (χ0v) is 10.8. The molecule has 90 valence electrons. The number of hydrogen-bond acceptors (Lipinski definition) is 2. The molecule has 0 spiro atoms. The summed E-state index contributed by atoms with van der Waals surface area (Å²) >= 11 is 0. The van der Waals surface area contributed by atoms with E-state index in [4.69, 9.17) is 4.74 Å². The molecule has 1 rings (SSSR count). The second-order valence-electron chi connectivity index (χ2n) is 5.09. The van der Waals surface area contributed by atoms with Crippen molar-refractivity contribution in [3.8, 4) is 0 Å². The van der Waals surface area contributed by atoms with Crippen LogP contribution in [-0.4, -0.2) is 25.8 Å². The molecule has 15 heavy (non-hydrogen) atoms. The van der Waals surface area contributed by atoms with Gasteiger partial charge in [-0.3, -0.25) is 0 Å². The molecule has 2 unspecified atom stereocenters. The molecule has 0 heterocycles. The van der Waals surface area contributed by atoms with E-state index in [0.717, 1.165) is 5.92 Å². The lowest BCUT2D eigenvalue weighted by Gasteiger charge is -2.47. The van der Waals surface area contributed by atoms with Gasteiger partial charge in [-0.05, 0) is 38.6 Å². The number of likely N-dealkylation sites (N-methyl/N-ethyl adjacent to an activating group) is 1. The van der Waals surface area contributed by atoms with E-state index in [1.54, 1.807) is 0 Å². The lowest BCUT2D eigenvalue weighted by atomic mass is 9.72. The van der Waals surface area contributed by atoms with Crippen LogP contribution in [0, 0.1) is 5.92 Å². The highest BCUT2D eigenvalue weighted by atomic mass is 16.5. The minimum atomic E-state index is 0.150. The normalized spacial score (nSPS) is 23.2. The van der Waals surface area contributed by atoms with Crippen molar-refractivity contribution in [3.05, 3.63) is 0 Å². The fourth-order valence-electron chi connectivity index (χ4n) is 2.83. The monoisotopic (exact) mass is 213 g/mol. The number of methoxy groups -OCH3 is 1. The first kappa shape index (κ1) is 13.0. The van der Waals surface area contributed by atoms with E-state index in [1.165, 1.54) is 38.5 Å². The van der Waals surface area contributed by atoms with Gasteiger partial charge >= 0.3 is 0 Å². The van der Waals surface area contributed by atoms with Gasteiger partial charge in [-0.1, -0.05) is 26.7 Å². The van der Waals surface area contributed by atoms with Crippen molar-refractivity contribution in [1.82, 2.24) is 5.32 Å². The van der Waals surface area contributed by atoms with Crippen molar-refractivity contribution in [2.24, 2.45) is 5.92 Å². The summed E-state index contributed by atoms with van der Waals surface area (Å²) in [6, 6.07) is 0.540. The van der Waals surface area contributed by atoms with E-state index in [0.29, 0.717) is 6.04 Å². The van der Waals surface area contributed by atoms with E-state index in [-0.39, 0.29) is 5.60 Å². The SMILES string of the molecule is CCCC(C)CC(NC)C1(OC)CCC1. The maximum Gasteiger partial charge on any atom is 0.0831 e. The lowest BCUT2D eigenvalue weighted by Crippen LogP contribution is -2.56. The van der Waals surface area contributed by atoms with Crippen LogP contribution in [0.25, 0.3) is 0 Å². The summed E-state index contributed by atoms with van der Waals surface area (Å²) in [5.41, 5.74) is 0.150. The second kappa shape index (κ2) is 5.86. The first-order valence-electron chi connectivity index (χ1n) is 6.41. The Balaban J connectivity index is 2.47. The van der Waals surface area contributed by atoms with Crippen LogP contribution in [0.15, 0.2) is 0 Å². The molecule has 0 radical (unpaired) electrons. The molecule has 2 nitrogen and oxygen atoms in total. The lowest BCUT2D eigenvalue weighted by molar-refractivity contribution is -0.101. The molecule has 1 aliphatic carbocycles. The summed E-state index contributed by atoms with van der Waals surface area (Å²) in [5.74, 6) is 0.806. The summed E-state index contributed by atoms with van der Waals surface area (Å²) < 4.78 is 5.74. The van der Waals surface area contributed by atoms with Crippen molar-refractivity contribution in [2.75, 3.05) is 14.2 Å². The van der Waals surface area contributed by atoms with Gasteiger partial charge in [0.2, 0.25) is 0 Å². The van der Waals surface area contributed by atoms with E-state index >= 15 is 0 Å². The molecule has 0 aromatic rings. The summed E-state index contributed by atoms with van der Waals surface area (Å²) in [4.78, 5) is 0. The molecule has 0 aromatic carbocycles. The first-order chi connectivity index (χ1) is 7.18. The van der Waals surface area contributed by atoms with E-state index in [2.05, 4.69) is 26.2 Å². The van der Waals surface area contributed by atoms with Gasteiger partial charge in [0.15, 0.2) is 0 Å². The standard InChI is InChI=1S/C13H27NO/c1-5-7-11(2)10-12(14-3)13(15-4)8-6-9-13/h11-12,14H,5-10H2,1-4H3. The highest BCUT2D eigenvalue weighted by Crippen LogP contribution is 2.40. The summed E-state index contributed by atoms with van der Waals surface area (Å²) in [6.45, 7) is 4.62. The van der Waals surface area contributed by atoms with Crippen LogP contribution in [0.5, 0.6) is 0 Å². The minimum Gasteiger partial charge on any atom is -0.377 e. The minimum absolute atomic E-state index is 0.150. The van der Waals surface area contributed by atoms with Crippen molar-refractivity contribution >= 4 is 0 Å². The second-order valence-corrected chi connectivity index (χ2v) is 5.09. The molecule has 2 atom stereocenters. The first-order valence-corrected chi connectivity index (χ1v) is 6.41. The van der Waals surface area contributed by atoms with Crippen LogP contribution in [0.2, 0.25) is 0 Å². The zero-order valence-electron chi connectivity index (χ0n) is 10.8. The highest BCUT2D eigenvalue weighted by Gasteiger charge is 2.43. The third-order valence-electron chi connectivity index (χ3n) is 4.01. The maximum absolute atomic E-state index is 5.74. The molecule has 0 amide bonds. The predicted molar refractivity (Wildman–Crippen MR) is 65.1 cm³/mol. The van der Waals surface area contributed by atoms with Gasteiger partial charge in [-0.15, -0.1) is 0 Å². The van der Waals surface area contributed by atoms with Gasteiger partial charge in [-0.2, -0.15) is 0 Å². The molecular formula is C13H27NO. The Morgan fingerprint density at radius 2 is 2.07 bits per heavy atom. The molecule has 1 fully saturated rings. The van der Waals surface area contributed by atoms with Crippen molar-refractivity contribution in [2.45, 2.75) is 64.0 Å². The largest absolute Gasteiger partial charge is 0.377 e. The highest BCUT2D eigenvalue weighted by molar-refractivity contribution is 4.99. The third kappa shape index (κ3) is 2.94. The molecule has 0 aromatic heterocycles. The quantitative estimate of drug-likeness (QED) is 0.702. The Morgan fingerprint density at radius 3 is 2.40 bits per heavy atom. The topological polar surface area (TPSA) is 21.3 Å². The molecular weight excluding hydrogens is 186 g/mol. The molecule has 2 heteroatoms. The van der Waals surface area contributed by atoms with Crippen LogP contribution in [0.3, 0.4) is 0 Å². The number of hydrogen-bond donors (Lipinski definition) is 1. The average molecular weight is 213 g/mol. The Kier molecular flexibility index (Phi) is 5.07. The fraction of sp³-hybridized carbons (Fsp3) is 1.00. The van der Waals surface area contributed by atoms with E-state index < -0.39 is 0 Å². The van der Waals surface area contributed by atoms with Gasteiger partial charge in [0.25, 0.3) is 0 Å². The predicted octanol–water partition coefficient (Wildman–Crippen LogP) is 2.97. The summed E-state index contributed by atoms with van der Waals surface area (Å²) in [5, 5.41) is 3.46. The van der Waals surface area contributed by atoms with E-state index in [1.807, 2.05) is 7.11 Å². The van der Waals surface area contributed by atoms with Crippen molar-refractivity contribution < 1.29 is 4.74 Å². The smallest absolute Gasteiger partial charge is 0.0831 e. The summed E-state index contributed by atoms with van der Waals surface area (Å²) in [6.07, 6.45) is 7.66. The van der Waals surface area contributed by atoms with E-state index in [9.17, 15) is 0 Å². The maximum atomic E-state index is 5.74. The molecule has 1 aliphatic rings. The fourth-order valence-corrected chi connectivity index (χ4v) is 2.83. The van der Waals surface area contributed by atoms with Crippen molar-refractivity contribution in [3.63, 3.8) is 0 Å². The summed E-state index contributed by atoms with van der Waals surface area (Å²) in [7, 11) is 3.94. The van der Waals surface area contributed by atoms with Crippen molar-refractivity contribution in [1.29, 1.82) is 0 Å². The molecule has 0 saturated heterocycles. The molecule has 0 bridgehead atoms. The average Bonchev–Trinajstić information content (AvgIpc) is 2.15. The van der Waals surface area contributed by atoms with Crippen LogP contribution in [-0.2, 0) is 4.74 Å². The third-order valence-corrected chi connectivity index (χ3v) is 4.01. The molecule has 1 saturated carbocycles. The molecule has 0 aliphatic heterocycles. The Morgan fingerprint density at radius 1 is 1.40 bits per heavy atom. The van der Waals surface area contributed by atoms with Crippen LogP contribution >= 0.6 is 0 Å². The van der Waals surface area contributed by atoms with Gasteiger partial charge in [0.05, 0.1) is 5.60 Å².